The molecule has 3 nitrogen and oxygen atoms in total. The minimum atomic E-state index is 0.419. The van der Waals surface area contributed by atoms with Gasteiger partial charge in [0.2, 0.25) is 0 Å². The Balaban J connectivity index is 1.46. The SMILES string of the molecule is CC(C)C(COCc1ccccc1)NCCCCNCCCc1ccccc1. The zero-order chi connectivity index (χ0) is 19.9. The lowest BCUT2D eigenvalue weighted by Gasteiger charge is -2.22. The van der Waals surface area contributed by atoms with Gasteiger partial charge < -0.3 is 15.4 Å². The van der Waals surface area contributed by atoms with Crippen LogP contribution in [-0.2, 0) is 17.8 Å². The van der Waals surface area contributed by atoms with E-state index >= 15 is 0 Å². The van der Waals surface area contributed by atoms with Crippen molar-refractivity contribution in [3.8, 4) is 0 Å². The average Bonchev–Trinajstić information content (AvgIpc) is 2.72. The van der Waals surface area contributed by atoms with Crippen LogP contribution in [0.1, 0.15) is 44.2 Å². The standard InChI is InChI=1S/C25H38N2O/c1-22(2)25(21-28-20-24-14-7-4-8-15-24)27-19-10-9-17-26-18-11-16-23-12-5-3-6-13-23/h3-8,12-15,22,25-27H,9-11,16-21H2,1-2H3. The molecule has 0 bridgehead atoms. The van der Waals surface area contributed by atoms with Crippen molar-refractivity contribution < 1.29 is 4.74 Å². The molecule has 0 saturated heterocycles. The van der Waals surface area contributed by atoms with E-state index in [2.05, 4.69) is 79.1 Å². The number of benzene rings is 2. The number of hydrogen-bond acceptors (Lipinski definition) is 3. The molecule has 0 radical (unpaired) electrons. The Morgan fingerprint density at radius 1 is 0.750 bits per heavy atom. The van der Waals surface area contributed by atoms with Gasteiger partial charge in [-0.05, 0) is 62.4 Å². The molecule has 0 aliphatic carbocycles. The molecular formula is C25H38N2O. The summed E-state index contributed by atoms with van der Waals surface area (Å²) >= 11 is 0. The van der Waals surface area contributed by atoms with Crippen molar-refractivity contribution in [1.82, 2.24) is 10.6 Å². The predicted molar refractivity (Wildman–Crippen MR) is 120 cm³/mol. The largest absolute Gasteiger partial charge is 0.375 e. The lowest BCUT2D eigenvalue weighted by Crippen LogP contribution is -2.38. The van der Waals surface area contributed by atoms with Crippen LogP contribution in [0.15, 0.2) is 60.7 Å². The summed E-state index contributed by atoms with van der Waals surface area (Å²) in [7, 11) is 0. The van der Waals surface area contributed by atoms with Crippen LogP contribution < -0.4 is 10.6 Å². The van der Waals surface area contributed by atoms with Crippen molar-refractivity contribution in [2.24, 2.45) is 5.92 Å². The van der Waals surface area contributed by atoms with Crippen LogP contribution >= 0.6 is 0 Å². The first kappa shape index (κ1) is 22.6. The molecule has 0 aliphatic heterocycles. The fourth-order valence-electron chi connectivity index (χ4n) is 3.21. The topological polar surface area (TPSA) is 33.3 Å². The summed E-state index contributed by atoms with van der Waals surface area (Å²) in [5, 5.41) is 7.24. The molecule has 1 atom stereocenters. The Kier molecular flexibility index (Phi) is 11.6. The second-order valence-corrected chi connectivity index (χ2v) is 7.85. The minimum Gasteiger partial charge on any atom is -0.375 e. The minimum absolute atomic E-state index is 0.419. The molecule has 0 amide bonds. The molecule has 3 heteroatoms. The molecule has 2 N–H and O–H groups in total. The second kappa shape index (κ2) is 14.3. The molecule has 0 heterocycles. The van der Waals surface area contributed by atoms with Gasteiger partial charge in [-0.2, -0.15) is 0 Å². The van der Waals surface area contributed by atoms with E-state index in [9.17, 15) is 0 Å². The Labute approximate surface area is 171 Å². The van der Waals surface area contributed by atoms with E-state index in [1.54, 1.807) is 0 Å². The lowest BCUT2D eigenvalue weighted by molar-refractivity contribution is 0.0861. The highest BCUT2D eigenvalue weighted by Crippen LogP contribution is 2.06. The molecule has 2 aromatic rings. The lowest BCUT2D eigenvalue weighted by atomic mass is 10.1. The molecule has 0 saturated carbocycles. The summed E-state index contributed by atoms with van der Waals surface area (Å²) in [6.45, 7) is 9.25. The second-order valence-electron chi connectivity index (χ2n) is 7.85. The van der Waals surface area contributed by atoms with Crippen LogP contribution in [0.25, 0.3) is 0 Å². The maximum Gasteiger partial charge on any atom is 0.0717 e. The predicted octanol–water partition coefficient (Wildman–Crippen LogP) is 4.82. The van der Waals surface area contributed by atoms with Crippen molar-refractivity contribution in [1.29, 1.82) is 0 Å². The summed E-state index contributed by atoms with van der Waals surface area (Å²) in [5.74, 6) is 0.576. The Hall–Kier alpha value is -1.68. The highest BCUT2D eigenvalue weighted by Gasteiger charge is 2.12. The summed E-state index contributed by atoms with van der Waals surface area (Å²) in [6.07, 6.45) is 4.78. The third-order valence-electron chi connectivity index (χ3n) is 5.06. The summed E-state index contributed by atoms with van der Waals surface area (Å²) in [5.41, 5.74) is 2.67. The highest BCUT2D eigenvalue weighted by atomic mass is 16.5. The Morgan fingerprint density at radius 2 is 1.36 bits per heavy atom. The molecule has 28 heavy (non-hydrogen) atoms. The fourth-order valence-corrected chi connectivity index (χ4v) is 3.21. The average molecular weight is 383 g/mol. The summed E-state index contributed by atoms with van der Waals surface area (Å²) < 4.78 is 5.93. The van der Waals surface area contributed by atoms with Crippen molar-refractivity contribution in [2.45, 2.75) is 52.2 Å². The van der Waals surface area contributed by atoms with E-state index < -0.39 is 0 Å². The molecule has 2 rings (SSSR count). The molecule has 2 aromatic carbocycles. The van der Waals surface area contributed by atoms with Crippen molar-refractivity contribution in [3.63, 3.8) is 0 Å². The number of ether oxygens (including phenoxy) is 1. The molecule has 0 spiro atoms. The first-order chi connectivity index (χ1) is 13.8. The molecule has 0 fully saturated rings. The molecule has 154 valence electrons. The third kappa shape index (κ3) is 10.0. The monoisotopic (exact) mass is 382 g/mol. The van der Waals surface area contributed by atoms with Crippen LogP contribution in [0.5, 0.6) is 0 Å². The number of unbranched alkanes of at least 4 members (excludes halogenated alkanes) is 1. The molecule has 1 unspecified atom stereocenters. The fraction of sp³-hybridized carbons (Fsp3) is 0.520. The Morgan fingerprint density at radius 3 is 2.04 bits per heavy atom. The van der Waals surface area contributed by atoms with Crippen LogP contribution in [0.3, 0.4) is 0 Å². The number of hydrogen-bond donors (Lipinski definition) is 2. The van der Waals surface area contributed by atoms with E-state index in [4.69, 9.17) is 4.74 Å². The summed E-state index contributed by atoms with van der Waals surface area (Å²) in [6, 6.07) is 21.5. The zero-order valence-electron chi connectivity index (χ0n) is 17.7. The van der Waals surface area contributed by atoms with Crippen LogP contribution in [0, 0.1) is 5.92 Å². The van der Waals surface area contributed by atoms with Gasteiger partial charge in [0.15, 0.2) is 0 Å². The van der Waals surface area contributed by atoms with Crippen molar-refractivity contribution in [2.75, 3.05) is 26.2 Å². The number of nitrogens with one attached hydrogen (secondary N) is 2. The van der Waals surface area contributed by atoms with Gasteiger partial charge in [-0.15, -0.1) is 0 Å². The van der Waals surface area contributed by atoms with Gasteiger partial charge >= 0.3 is 0 Å². The summed E-state index contributed by atoms with van der Waals surface area (Å²) in [4.78, 5) is 0. The molecule has 0 aromatic heterocycles. The first-order valence-corrected chi connectivity index (χ1v) is 10.9. The van der Waals surface area contributed by atoms with E-state index in [0.29, 0.717) is 18.6 Å². The van der Waals surface area contributed by atoms with Gasteiger partial charge in [0.1, 0.15) is 0 Å². The number of rotatable bonds is 15. The van der Waals surface area contributed by atoms with Crippen molar-refractivity contribution in [3.05, 3.63) is 71.8 Å². The maximum atomic E-state index is 5.93. The quantitative estimate of drug-likeness (QED) is 0.433. The number of aryl methyl sites for hydroxylation is 1. The van der Waals surface area contributed by atoms with Crippen LogP contribution in [0.2, 0.25) is 0 Å². The van der Waals surface area contributed by atoms with Gasteiger partial charge in [-0.3, -0.25) is 0 Å². The third-order valence-corrected chi connectivity index (χ3v) is 5.06. The van der Waals surface area contributed by atoms with E-state index in [-0.39, 0.29) is 0 Å². The van der Waals surface area contributed by atoms with Gasteiger partial charge in [-0.25, -0.2) is 0 Å². The van der Waals surface area contributed by atoms with Gasteiger partial charge in [0.05, 0.1) is 13.2 Å². The molecule has 0 aliphatic rings. The normalized spacial score (nSPS) is 12.4. The highest BCUT2D eigenvalue weighted by molar-refractivity contribution is 5.14. The first-order valence-electron chi connectivity index (χ1n) is 10.9. The van der Waals surface area contributed by atoms with Crippen molar-refractivity contribution >= 4 is 0 Å². The van der Waals surface area contributed by atoms with E-state index in [1.165, 1.54) is 30.4 Å². The van der Waals surface area contributed by atoms with Gasteiger partial charge in [0.25, 0.3) is 0 Å². The smallest absolute Gasteiger partial charge is 0.0717 e. The van der Waals surface area contributed by atoms with E-state index in [1.807, 2.05) is 6.07 Å². The van der Waals surface area contributed by atoms with Crippen LogP contribution in [0.4, 0.5) is 0 Å². The van der Waals surface area contributed by atoms with Gasteiger partial charge in [-0.1, -0.05) is 74.5 Å². The molecular weight excluding hydrogens is 344 g/mol. The van der Waals surface area contributed by atoms with Crippen LogP contribution in [-0.4, -0.2) is 32.3 Å². The Bertz CT molecular complexity index is 600. The van der Waals surface area contributed by atoms with Gasteiger partial charge in [0, 0.05) is 6.04 Å². The maximum absolute atomic E-state index is 5.93. The van der Waals surface area contributed by atoms with E-state index in [0.717, 1.165) is 32.7 Å². The zero-order valence-corrected chi connectivity index (χ0v) is 17.7.